The molecule has 1 saturated heterocycles. The number of imidazole rings is 1. The molecular formula is C20H19ClN4O3S. The average Bonchev–Trinajstić information content (AvgIpc) is 3.43. The highest BCUT2D eigenvalue weighted by Crippen LogP contribution is 2.26. The zero-order valence-corrected chi connectivity index (χ0v) is 17.0. The summed E-state index contributed by atoms with van der Waals surface area (Å²) in [6.07, 6.45) is 5.08. The molecule has 2 N–H and O–H groups in total. The van der Waals surface area contributed by atoms with Crippen molar-refractivity contribution >= 4 is 33.2 Å². The lowest BCUT2D eigenvalue weighted by molar-refractivity contribution is 0.102. The van der Waals surface area contributed by atoms with Crippen LogP contribution in [0.4, 0.5) is 5.69 Å². The second-order valence-corrected chi connectivity index (χ2v) is 9.07. The zero-order chi connectivity index (χ0) is 20.4. The van der Waals surface area contributed by atoms with Gasteiger partial charge in [0, 0.05) is 36.7 Å². The number of hydrogen-bond donors (Lipinski definition) is 2. The summed E-state index contributed by atoms with van der Waals surface area (Å²) in [6, 6.07) is 11.4. The van der Waals surface area contributed by atoms with Gasteiger partial charge in [0.2, 0.25) is 10.0 Å². The highest BCUT2D eigenvalue weighted by Gasteiger charge is 2.28. The molecule has 0 unspecified atom stereocenters. The van der Waals surface area contributed by atoms with E-state index in [9.17, 15) is 13.2 Å². The van der Waals surface area contributed by atoms with Gasteiger partial charge >= 0.3 is 0 Å². The molecule has 29 heavy (non-hydrogen) atoms. The molecule has 9 heteroatoms. The van der Waals surface area contributed by atoms with Crippen LogP contribution in [0.2, 0.25) is 5.02 Å². The van der Waals surface area contributed by atoms with E-state index in [0.29, 0.717) is 18.8 Å². The Kier molecular flexibility index (Phi) is 5.40. The lowest BCUT2D eigenvalue weighted by atomic mass is 10.1. The fraction of sp³-hybridized carbons (Fsp3) is 0.200. The Hall–Kier alpha value is -2.68. The monoisotopic (exact) mass is 430 g/mol. The van der Waals surface area contributed by atoms with Crippen molar-refractivity contribution in [2.24, 2.45) is 0 Å². The number of aromatic amines is 1. The molecule has 0 aliphatic carbocycles. The van der Waals surface area contributed by atoms with Crippen LogP contribution in [0.25, 0.3) is 11.4 Å². The summed E-state index contributed by atoms with van der Waals surface area (Å²) in [5.74, 6) is 0.255. The van der Waals surface area contributed by atoms with E-state index >= 15 is 0 Å². The molecule has 2 aromatic carbocycles. The molecule has 1 aliphatic rings. The van der Waals surface area contributed by atoms with Gasteiger partial charge in [-0.25, -0.2) is 13.4 Å². The predicted octanol–water partition coefficient (Wildman–Crippen LogP) is 3.77. The molecule has 150 valence electrons. The molecular weight excluding hydrogens is 412 g/mol. The number of nitrogens with one attached hydrogen (secondary N) is 2. The van der Waals surface area contributed by atoms with Gasteiger partial charge in [-0.3, -0.25) is 4.79 Å². The van der Waals surface area contributed by atoms with E-state index in [-0.39, 0.29) is 15.5 Å². The van der Waals surface area contributed by atoms with Gasteiger partial charge in [-0.2, -0.15) is 4.31 Å². The molecule has 0 atom stereocenters. The van der Waals surface area contributed by atoms with E-state index in [1.807, 2.05) is 12.1 Å². The molecule has 2 heterocycles. The summed E-state index contributed by atoms with van der Waals surface area (Å²) in [7, 11) is -3.63. The first-order valence-corrected chi connectivity index (χ1v) is 11.0. The van der Waals surface area contributed by atoms with Crippen LogP contribution in [0, 0.1) is 0 Å². The molecule has 3 aromatic rings. The Morgan fingerprint density at radius 1 is 1.10 bits per heavy atom. The number of carbonyl (C=O) groups is 1. The number of H-pyrrole nitrogens is 1. The van der Waals surface area contributed by atoms with Crippen molar-refractivity contribution in [3.63, 3.8) is 0 Å². The van der Waals surface area contributed by atoms with Gasteiger partial charge in [-0.05, 0) is 55.3 Å². The normalized spacial score (nSPS) is 14.8. The first-order chi connectivity index (χ1) is 13.9. The Morgan fingerprint density at radius 3 is 2.48 bits per heavy atom. The van der Waals surface area contributed by atoms with Gasteiger partial charge in [0.05, 0.1) is 15.5 Å². The number of aromatic nitrogens is 2. The minimum atomic E-state index is -3.63. The third kappa shape index (κ3) is 4.05. The molecule has 1 fully saturated rings. The van der Waals surface area contributed by atoms with Crippen LogP contribution in [0.15, 0.2) is 59.8 Å². The second kappa shape index (κ2) is 7.98. The summed E-state index contributed by atoms with van der Waals surface area (Å²) in [5, 5.41) is 2.95. The maximum Gasteiger partial charge on any atom is 0.257 e. The minimum absolute atomic E-state index is 0.0714. The van der Waals surface area contributed by atoms with Gasteiger partial charge in [0.15, 0.2) is 0 Å². The number of carbonyl (C=O) groups excluding carboxylic acids is 1. The van der Waals surface area contributed by atoms with Crippen LogP contribution in [0.3, 0.4) is 0 Å². The first kappa shape index (κ1) is 19.6. The Balaban J connectivity index is 1.55. The van der Waals surface area contributed by atoms with Crippen molar-refractivity contribution in [1.82, 2.24) is 14.3 Å². The number of hydrogen-bond acceptors (Lipinski definition) is 4. The Labute approximate surface area is 173 Å². The number of amides is 1. The predicted molar refractivity (Wildman–Crippen MR) is 111 cm³/mol. The van der Waals surface area contributed by atoms with Gasteiger partial charge < -0.3 is 10.3 Å². The quantitative estimate of drug-likeness (QED) is 0.644. The van der Waals surface area contributed by atoms with E-state index in [0.717, 1.165) is 24.2 Å². The fourth-order valence-corrected chi connectivity index (χ4v) is 5.00. The first-order valence-electron chi connectivity index (χ1n) is 9.16. The van der Waals surface area contributed by atoms with E-state index in [4.69, 9.17) is 11.6 Å². The smallest absolute Gasteiger partial charge is 0.257 e. The number of sulfonamides is 1. The van der Waals surface area contributed by atoms with Gasteiger partial charge in [-0.15, -0.1) is 0 Å². The second-order valence-electron chi connectivity index (χ2n) is 6.72. The van der Waals surface area contributed by atoms with Crippen LogP contribution in [0.1, 0.15) is 23.2 Å². The van der Waals surface area contributed by atoms with Gasteiger partial charge in [-0.1, -0.05) is 11.6 Å². The minimum Gasteiger partial charge on any atom is -0.345 e. The third-order valence-corrected chi connectivity index (χ3v) is 7.02. The average molecular weight is 431 g/mol. The van der Waals surface area contributed by atoms with Crippen LogP contribution < -0.4 is 5.32 Å². The largest absolute Gasteiger partial charge is 0.345 e. The molecule has 1 amide bonds. The number of anilines is 1. The van der Waals surface area contributed by atoms with Crippen molar-refractivity contribution < 1.29 is 13.2 Å². The van der Waals surface area contributed by atoms with Crippen molar-refractivity contribution in [3.8, 4) is 11.4 Å². The van der Waals surface area contributed by atoms with E-state index in [1.54, 1.807) is 24.5 Å². The molecule has 4 rings (SSSR count). The molecule has 7 nitrogen and oxygen atoms in total. The molecule has 0 spiro atoms. The molecule has 1 aromatic heterocycles. The standard InChI is InChI=1S/C20H19ClN4O3S/c21-18-8-7-16(29(27,28)25-11-1-2-12-25)13-17(18)20(26)24-15-5-3-14(4-6-15)19-22-9-10-23-19/h3-10,13H,1-2,11-12H2,(H,22,23)(H,24,26). The van der Waals surface area contributed by atoms with Crippen molar-refractivity contribution in [3.05, 3.63) is 65.4 Å². The highest BCUT2D eigenvalue weighted by atomic mass is 35.5. The maximum absolute atomic E-state index is 12.8. The maximum atomic E-state index is 12.8. The fourth-order valence-electron chi connectivity index (χ4n) is 3.25. The number of rotatable bonds is 5. The van der Waals surface area contributed by atoms with Crippen LogP contribution in [0.5, 0.6) is 0 Å². The van der Waals surface area contributed by atoms with Crippen molar-refractivity contribution in [2.75, 3.05) is 18.4 Å². The summed E-state index contributed by atoms with van der Waals surface area (Å²) in [5.41, 5.74) is 1.56. The lowest BCUT2D eigenvalue weighted by Gasteiger charge is -2.16. The van der Waals surface area contributed by atoms with E-state index < -0.39 is 15.9 Å². The summed E-state index contributed by atoms with van der Waals surface area (Å²) >= 11 is 6.18. The topological polar surface area (TPSA) is 95.2 Å². The third-order valence-electron chi connectivity index (χ3n) is 4.80. The summed E-state index contributed by atoms with van der Waals surface area (Å²) in [6.45, 7) is 0.989. The SMILES string of the molecule is O=C(Nc1ccc(-c2ncc[nH]2)cc1)c1cc(S(=O)(=O)N2CCCC2)ccc1Cl. The number of halogens is 1. The highest BCUT2D eigenvalue weighted by molar-refractivity contribution is 7.89. The molecule has 0 radical (unpaired) electrons. The van der Waals surface area contributed by atoms with Crippen LogP contribution in [-0.2, 0) is 10.0 Å². The van der Waals surface area contributed by atoms with Crippen LogP contribution >= 0.6 is 11.6 Å². The van der Waals surface area contributed by atoms with E-state index in [2.05, 4.69) is 15.3 Å². The molecule has 0 saturated carbocycles. The van der Waals surface area contributed by atoms with Crippen molar-refractivity contribution in [1.29, 1.82) is 0 Å². The van der Waals surface area contributed by atoms with Crippen molar-refractivity contribution in [2.45, 2.75) is 17.7 Å². The Morgan fingerprint density at radius 2 is 1.83 bits per heavy atom. The van der Waals surface area contributed by atoms with E-state index in [1.165, 1.54) is 22.5 Å². The molecule has 1 aliphatic heterocycles. The zero-order valence-electron chi connectivity index (χ0n) is 15.4. The Bertz CT molecular complexity index is 1120. The summed E-state index contributed by atoms with van der Waals surface area (Å²) < 4.78 is 27.0. The van der Waals surface area contributed by atoms with Crippen LogP contribution in [-0.4, -0.2) is 41.7 Å². The van der Waals surface area contributed by atoms with Gasteiger partial charge in [0.25, 0.3) is 5.91 Å². The lowest BCUT2D eigenvalue weighted by Crippen LogP contribution is -2.28. The summed E-state index contributed by atoms with van der Waals surface area (Å²) in [4.78, 5) is 20.0. The molecule has 0 bridgehead atoms. The number of benzene rings is 2. The van der Waals surface area contributed by atoms with Gasteiger partial charge in [0.1, 0.15) is 5.82 Å². The number of nitrogens with zero attached hydrogens (tertiary/aromatic N) is 2.